The number of aromatic nitrogens is 2. The molecule has 0 spiro atoms. The van der Waals surface area contributed by atoms with Crippen LogP contribution in [-0.2, 0) is 9.84 Å². The number of anilines is 1. The van der Waals surface area contributed by atoms with Gasteiger partial charge in [-0.05, 0) is 31.7 Å². The summed E-state index contributed by atoms with van der Waals surface area (Å²) < 4.78 is 24.4. The summed E-state index contributed by atoms with van der Waals surface area (Å²) in [6, 6.07) is 11.2. The van der Waals surface area contributed by atoms with Gasteiger partial charge in [0.05, 0.1) is 27.5 Å². The SMILES string of the molecule is O=C(N[C@@H]1CCS(=O)(=O)C1)c1cc(-c2ccccc2)nc2nc(N3CCCCC3)sc12. The molecular formula is C22H24N4O3S2. The first-order chi connectivity index (χ1) is 15.0. The Kier molecular flexibility index (Phi) is 5.39. The lowest BCUT2D eigenvalue weighted by atomic mass is 10.1. The van der Waals surface area contributed by atoms with E-state index in [2.05, 4.69) is 10.2 Å². The zero-order valence-corrected chi connectivity index (χ0v) is 18.7. The molecule has 0 saturated carbocycles. The van der Waals surface area contributed by atoms with Crippen molar-refractivity contribution in [1.29, 1.82) is 0 Å². The number of benzene rings is 1. The van der Waals surface area contributed by atoms with Crippen molar-refractivity contribution in [3.05, 3.63) is 42.0 Å². The zero-order chi connectivity index (χ0) is 21.4. The first-order valence-electron chi connectivity index (χ1n) is 10.6. The molecule has 0 aliphatic carbocycles. The lowest BCUT2D eigenvalue weighted by Gasteiger charge is -2.25. The largest absolute Gasteiger partial charge is 0.348 e. The summed E-state index contributed by atoms with van der Waals surface area (Å²) in [5.41, 5.74) is 2.67. The maximum Gasteiger partial charge on any atom is 0.253 e. The van der Waals surface area contributed by atoms with Gasteiger partial charge >= 0.3 is 0 Å². The molecule has 162 valence electrons. The molecule has 2 aliphatic heterocycles. The topological polar surface area (TPSA) is 92.3 Å². The van der Waals surface area contributed by atoms with Crippen molar-refractivity contribution in [2.75, 3.05) is 29.5 Å². The van der Waals surface area contributed by atoms with Crippen LogP contribution in [-0.4, -0.2) is 54.9 Å². The van der Waals surface area contributed by atoms with Crippen molar-refractivity contribution >= 4 is 42.6 Å². The fourth-order valence-corrected chi connectivity index (χ4v) is 6.96. The van der Waals surface area contributed by atoms with Gasteiger partial charge < -0.3 is 10.2 Å². The van der Waals surface area contributed by atoms with Crippen LogP contribution in [0.15, 0.2) is 36.4 Å². The van der Waals surface area contributed by atoms with Crippen LogP contribution in [0.3, 0.4) is 0 Å². The number of carbonyl (C=O) groups is 1. The number of piperidine rings is 1. The Bertz CT molecular complexity index is 1220. The molecule has 2 saturated heterocycles. The highest BCUT2D eigenvalue weighted by Crippen LogP contribution is 2.34. The van der Waals surface area contributed by atoms with Crippen molar-refractivity contribution in [2.24, 2.45) is 0 Å². The molecule has 31 heavy (non-hydrogen) atoms. The quantitative estimate of drug-likeness (QED) is 0.648. The average molecular weight is 457 g/mol. The van der Waals surface area contributed by atoms with Gasteiger partial charge in [-0.15, -0.1) is 0 Å². The van der Waals surface area contributed by atoms with E-state index in [-0.39, 0.29) is 23.5 Å². The normalized spacial score (nSPS) is 20.8. The number of hydrogen-bond acceptors (Lipinski definition) is 7. The van der Waals surface area contributed by atoms with E-state index in [1.165, 1.54) is 17.8 Å². The van der Waals surface area contributed by atoms with Crippen molar-refractivity contribution in [2.45, 2.75) is 31.7 Å². The van der Waals surface area contributed by atoms with Crippen LogP contribution in [0.5, 0.6) is 0 Å². The number of hydrogen-bond donors (Lipinski definition) is 1. The summed E-state index contributed by atoms with van der Waals surface area (Å²) in [5.74, 6) is -0.140. The Balaban J connectivity index is 1.55. The standard InChI is InChI=1S/C22H24N4O3S2/c27-21(23-16-9-12-31(28,29)14-16)17-13-18(15-7-3-1-4-8-15)24-20-19(17)30-22(25-20)26-10-5-2-6-11-26/h1,3-4,7-8,13,16H,2,5-6,9-12,14H2,(H,23,27)/t16-/m1/s1. The predicted octanol–water partition coefficient (Wildman–Crippen LogP) is 3.27. The molecule has 3 aromatic rings. The lowest BCUT2D eigenvalue weighted by molar-refractivity contribution is 0.0943. The van der Waals surface area contributed by atoms with E-state index >= 15 is 0 Å². The van der Waals surface area contributed by atoms with Gasteiger partial charge in [-0.2, -0.15) is 4.98 Å². The van der Waals surface area contributed by atoms with Gasteiger partial charge in [-0.25, -0.2) is 13.4 Å². The van der Waals surface area contributed by atoms with Crippen LogP contribution < -0.4 is 10.2 Å². The molecule has 1 N–H and O–H groups in total. The highest BCUT2D eigenvalue weighted by molar-refractivity contribution is 7.91. The summed E-state index contributed by atoms with van der Waals surface area (Å²) >= 11 is 1.49. The van der Waals surface area contributed by atoms with E-state index in [1.54, 1.807) is 6.07 Å². The molecule has 2 fully saturated rings. The number of fused-ring (bicyclic) bond motifs is 1. The summed E-state index contributed by atoms with van der Waals surface area (Å²) in [6.45, 7) is 1.93. The zero-order valence-electron chi connectivity index (χ0n) is 17.1. The van der Waals surface area contributed by atoms with Crippen molar-refractivity contribution in [3.8, 4) is 11.3 Å². The van der Waals surface area contributed by atoms with Gasteiger partial charge in [0.2, 0.25) is 0 Å². The maximum absolute atomic E-state index is 13.2. The molecule has 0 radical (unpaired) electrons. The Morgan fingerprint density at radius 3 is 2.58 bits per heavy atom. The summed E-state index contributed by atoms with van der Waals surface area (Å²) in [4.78, 5) is 25.0. The highest BCUT2D eigenvalue weighted by Gasteiger charge is 2.30. The number of nitrogens with one attached hydrogen (secondary N) is 1. The number of thiazole rings is 1. The summed E-state index contributed by atoms with van der Waals surface area (Å²) in [5, 5.41) is 3.82. The van der Waals surface area contributed by atoms with E-state index in [1.807, 2.05) is 30.3 Å². The van der Waals surface area contributed by atoms with Crippen molar-refractivity contribution in [3.63, 3.8) is 0 Å². The van der Waals surface area contributed by atoms with Crippen molar-refractivity contribution in [1.82, 2.24) is 15.3 Å². The molecule has 7 nitrogen and oxygen atoms in total. The molecule has 1 amide bonds. The third-order valence-electron chi connectivity index (χ3n) is 5.86. The molecule has 1 aromatic carbocycles. The molecule has 9 heteroatoms. The van der Waals surface area contributed by atoms with Crippen LogP contribution in [0.1, 0.15) is 36.0 Å². The number of carbonyl (C=O) groups excluding carboxylic acids is 1. The minimum atomic E-state index is -3.07. The summed E-state index contributed by atoms with van der Waals surface area (Å²) in [6.07, 6.45) is 3.97. The van der Waals surface area contributed by atoms with E-state index in [9.17, 15) is 13.2 Å². The van der Waals surface area contributed by atoms with Crippen LogP contribution in [0, 0.1) is 0 Å². The Morgan fingerprint density at radius 1 is 1.10 bits per heavy atom. The van der Waals surface area contributed by atoms with Crippen LogP contribution >= 0.6 is 11.3 Å². The minimum Gasteiger partial charge on any atom is -0.348 e. The molecule has 2 aliphatic rings. The van der Waals surface area contributed by atoms with E-state index in [0.717, 1.165) is 41.3 Å². The minimum absolute atomic E-state index is 0.000225. The molecule has 5 rings (SSSR count). The van der Waals surface area contributed by atoms with Gasteiger partial charge in [-0.3, -0.25) is 4.79 Å². The Hall–Kier alpha value is -2.52. The van der Waals surface area contributed by atoms with Crippen LogP contribution in [0.25, 0.3) is 21.6 Å². The van der Waals surface area contributed by atoms with E-state index < -0.39 is 9.84 Å². The van der Waals surface area contributed by atoms with Crippen LogP contribution in [0.2, 0.25) is 0 Å². The number of rotatable bonds is 4. The monoisotopic (exact) mass is 456 g/mol. The smallest absolute Gasteiger partial charge is 0.253 e. The average Bonchev–Trinajstić information content (AvgIpc) is 3.36. The fraction of sp³-hybridized carbons (Fsp3) is 0.409. The summed E-state index contributed by atoms with van der Waals surface area (Å²) in [7, 11) is -3.07. The second-order valence-corrected chi connectivity index (χ2v) is 11.4. The first kappa shape index (κ1) is 20.4. The maximum atomic E-state index is 13.2. The van der Waals surface area contributed by atoms with Gasteiger partial charge in [0.15, 0.2) is 20.6 Å². The number of sulfone groups is 1. The molecule has 0 bridgehead atoms. The third-order valence-corrected chi connectivity index (χ3v) is 8.77. The van der Waals surface area contributed by atoms with Crippen molar-refractivity contribution < 1.29 is 13.2 Å². The Labute approximate surface area is 185 Å². The molecule has 0 unspecified atom stereocenters. The van der Waals surface area contributed by atoms with Gasteiger partial charge in [0.1, 0.15) is 0 Å². The van der Waals surface area contributed by atoms with E-state index in [4.69, 9.17) is 9.97 Å². The van der Waals surface area contributed by atoms with Gasteiger partial charge in [0.25, 0.3) is 5.91 Å². The second-order valence-electron chi connectivity index (χ2n) is 8.19. The van der Waals surface area contributed by atoms with Gasteiger partial charge in [0, 0.05) is 24.7 Å². The third kappa shape index (κ3) is 4.29. The fourth-order valence-electron chi connectivity index (χ4n) is 4.22. The first-order valence-corrected chi connectivity index (χ1v) is 13.3. The Morgan fingerprint density at radius 2 is 1.87 bits per heavy atom. The molecule has 2 aromatic heterocycles. The number of amides is 1. The number of pyridine rings is 1. The van der Waals surface area contributed by atoms with Gasteiger partial charge in [-0.1, -0.05) is 41.7 Å². The second kappa shape index (κ2) is 8.20. The predicted molar refractivity (Wildman–Crippen MR) is 123 cm³/mol. The molecular weight excluding hydrogens is 432 g/mol. The molecule has 1 atom stereocenters. The molecule has 4 heterocycles. The lowest BCUT2D eigenvalue weighted by Crippen LogP contribution is -2.35. The highest BCUT2D eigenvalue weighted by atomic mass is 32.2. The van der Waals surface area contributed by atoms with E-state index in [0.29, 0.717) is 23.3 Å². The van der Waals surface area contributed by atoms with Crippen LogP contribution in [0.4, 0.5) is 5.13 Å². The number of nitrogens with zero attached hydrogens (tertiary/aromatic N) is 3.